The Bertz CT molecular complexity index is 1050. The molecule has 7 nitrogen and oxygen atoms in total. The molecule has 188 valence electrons. The van der Waals surface area contributed by atoms with Gasteiger partial charge in [-0.15, -0.1) is 11.3 Å². The van der Waals surface area contributed by atoms with Crippen molar-refractivity contribution in [2.45, 2.75) is 58.1 Å². The first-order chi connectivity index (χ1) is 16.9. The molecular formula is C27H33NO6S. The number of hydrogen-bond acceptors (Lipinski definition) is 7. The summed E-state index contributed by atoms with van der Waals surface area (Å²) in [5.41, 5.74) is 1.54. The molecule has 8 heteroatoms. The van der Waals surface area contributed by atoms with Gasteiger partial charge in [-0.2, -0.15) is 0 Å². The minimum atomic E-state index is -0.472. The molecule has 2 aromatic rings. The van der Waals surface area contributed by atoms with Crippen molar-refractivity contribution in [3.05, 3.63) is 41.3 Å². The zero-order valence-electron chi connectivity index (χ0n) is 20.5. The Morgan fingerprint density at radius 2 is 1.77 bits per heavy atom. The van der Waals surface area contributed by atoms with E-state index in [1.54, 1.807) is 4.90 Å². The van der Waals surface area contributed by atoms with Crippen LogP contribution in [0.1, 0.15) is 55.6 Å². The number of carbonyl (C=O) groups is 3. The number of nitrogens with zero attached hydrogens (tertiary/aromatic N) is 1. The molecule has 1 saturated heterocycles. The number of benzene rings is 1. The van der Waals surface area contributed by atoms with Crippen LogP contribution < -0.4 is 4.90 Å². The highest BCUT2D eigenvalue weighted by Gasteiger charge is 2.42. The maximum atomic E-state index is 14.3. The van der Waals surface area contributed by atoms with E-state index in [0.29, 0.717) is 55.4 Å². The zero-order chi connectivity index (χ0) is 24.9. The summed E-state index contributed by atoms with van der Waals surface area (Å²) in [6.45, 7) is 4.60. The van der Waals surface area contributed by atoms with E-state index in [2.05, 4.69) is 6.92 Å². The van der Waals surface area contributed by atoms with Crippen molar-refractivity contribution in [1.82, 2.24) is 0 Å². The van der Waals surface area contributed by atoms with Crippen LogP contribution in [-0.2, 0) is 23.8 Å². The molecule has 4 rings (SSSR count). The molecule has 0 bridgehead atoms. The molecule has 1 aliphatic heterocycles. The van der Waals surface area contributed by atoms with Crippen LogP contribution in [0.2, 0.25) is 0 Å². The topological polar surface area (TPSA) is 82.1 Å². The van der Waals surface area contributed by atoms with E-state index in [1.807, 2.05) is 36.4 Å². The number of rotatable bonds is 6. The Kier molecular flexibility index (Phi) is 8.23. The number of ether oxygens (including phenoxy) is 3. The van der Waals surface area contributed by atoms with Crippen molar-refractivity contribution in [3.63, 3.8) is 0 Å². The predicted molar refractivity (Wildman–Crippen MR) is 134 cm³/mol. The lowest BCUT2D eigenvalue weighted by molar-refractivity contribution is -0.154. The molecule has 1 aliphatic carbocycles. The average molecular weight is 500 g/mol. The first-order valence-electron chi connectivity index (χ1n) is 12.2. The normalized spacial score (nSPS) is 22.9. The van der Waals surface area contributed by atoms with Crippen molar-refractivity contribution >= 4 is 34.9 Å². The molecule has 2 heterocycles. The van der Waals surface area contributed by atoms with Gasteiger partial charge in [0.2, 0.25) is 5.91 Å². The molecule has 0 radical (unpaired) electrons. The largest absolute Gasteiger partial charge is 0.465 e. The highest BCUT2D eigenvalue weighted by molar-refractivity contribution is 7.18. The van der Waals surface area contributed by atoms with Gasteiger partial charge >= 0.3 is 11.9 Å². The van der Waals surface area contributed by atoms with Gasteiger partial charge in [0.1, 0.15) is 11.0 Å². The average Bonchev–Trinajstić information content (AvgIpc) is 3.29. The predicted octanol–water partition coefficient (Wildman–Crippen LogP) is 5.08. The second-order valence-electron chi connectivity index (χ2n) is 9.41. The lowest BCUT2D eigenvalue weighted by Crippen LogP contribution is -2.51. The summed E-state index contributed by atoms with van der Waals surface area (Å²) in [5.74, 6) is -1.03. The summed E-state index contributed by atoms with van der Waals surface area (Å²) in [7, 11) is 1.36. The Morgan fingerprint density at radius 3 is 2.43 bits per heavy atom. The van der Waals surface area contributed by atoms with Gasteiger partial charge in [0.05, 0.1) is 18.7 Å². The van der Waals surface area contributed by atoms with Crippen molar-refractivity contribution in [1.29, 1.82) is 0 Å². The standard InChI is InChI=1S/C27H33NO6S/c1-17-9-10-21(23(15-17)34-18(2)29)26(30)28(20-11-13-33-14-12-20)22-16-24(19-7-5-4-6-8-19)35-25(22)27(31)32-3/h4-8,16-17,20-21,23H,9-15H2,1-3H3/t17-,21?,23+/m1/s1. The van der Waals surface area contributed by atoms with Crippen LogP contribution in [0.15, 0.2) is 36.4 Å². The summed E-state index contributed by atoms with van der Waals surface area (Å²) < 4.78 is 16.3. The van der Waals surface area contributed by atoms with E-state index in [0.717, 1.165) is 16.9 Å². The van der Waals surface area contributed by atoms with E-state index >= 15 is 0 Å². The van der Waals surface area contributed by atoms with E-state index in [4.69, 9.17) is 14.2 Å². The molecule has 1 aromatic carbocycles. The molecule has 2 aliphatic rings. The Balaban J connectivity index is 1.78. The Hall–Kier alpha value is -2.71. The van der Waals surface area contributed by atoms with Gasteiger partial charge in [0, 0.05) is 31.1 Å². The number of thiophene rings is 1. The fourth-order valence-corrected chi connectivity index (χ4v) is 6.19. The Morgan fingerprint density at radius 1 is 1.06 bits per heavy atom. The first-order valence-corrected chi connectivity index (χ1v) is 13.1. The van der Waals surface area contributed by atoms with Crippen LogP contribution in [0, 0.1) is 11.8 Å². The summed E-state index contributed by atoms with van der Waals surface area (Å²) in [6.07, 6.45) is 3.05. The molecule has 2 fully saturated rings. The highest BCUT2D eigenvalue weighted by Crippen LogP contribution is 2.41. The van der Waals surface area contributed by atoms with Crippen LogP contribution >= 0.6 is 11.3 Å². The Labute approximate surface area is 210 Å². The molecular weight excluding hydrogens is 466 g/mol. The smallest absolute Gasteiger partial charge is 0.350 e. The van der Waals surface area contributed by atoms with Gasteiger partial charge in [-0.05, 0) is 49.7 Å². The molecule has 35 heavy (non-hydrogen) atoms. The van der Waals surface area contributed by atoms with E-state index in [9.17, 15) is 14.4 Å². The third-order valence-corrected chi connectivity index (χ3v) is 8.04. The fraction of sp³-hybridized carbons (Fsp3) is 0.519. The minimum absolute atomic E-state index is 0.0994. The van der Waals surface area contributed by atoms with Crippen LogP contribution in [0.4, 0.5) is 5.69 Å². The van der Waals surface area contributed by atoms with E-state index < -0.39 is 18.0 Å². The summed E-state index contributed by atoms with van der Waals surface area (Å²) in [5, 5.41) is 0. The molecule has 1 amide bonds. The van der Waals surface area contributed by atoms with Gasteiger partial charge in [-0.25, -0.2) is 4.79 Å². The lowest BCUT2D eigenvalue weighted by Gasteiger charge is -2.40. The third kappa shape index (κ3) is 5.76. The second kappa shape index (κ2) is 11.4. The molecule has 0 spiro atoms. The zero-order valence-corrected chi connectivity index (χ0v) is 21.3. The van der Waals surface area contributed by atoms with Crippen LogP contribution in [0.3, 0.4) is 0 Å². The summed E-state index contributed by atoms with van der Waals surface area (Å²) in [6, 6.07) is 11.6. The molecule has 3 atom stereocenters. The third-order valence-electron chi connectivity index (χ3n) is 6.88. The lowest BCUT2D eigenvalue weighted by atomic mass is 9.79. The van der Waals surface area contributed by atoms with Gasteiger partial charge in [0.15, 0.2) is 0 Å². The van der Waals surface area contributed by atoms with Gasteiger partial charge < -0.3 is 19.1 Å². The second-order valence-corrected chi connectivity index (χ2v) is 10.5. The number of esters is 2. The van der Waals surface area contributed by atoms with Gasteiger partial charge in [-0.3, -0.25) is 9.59 Å². The van der Waals surface area contributed by atoms with E-state index in [-0.39, 0.29) is 17.9 Å². The number of amides is 1. The number of methoxy groups -OCH3 is 1. The van der Waals surface area contributed by atoms with Gasteiger partial charge in [-0.1, -0.05) is 37.3 Å². The quantitative estimate of drug-likeness (QED) is 0.516. The molecule has 0 N–H and O–H groups in total. The van der Waals surface area contributed by atoms with E-state index in [1.165, 1.54) is 25.4 Å². The molecule has 1 saturated carbocycles. The maximum absolute atomic E-state index is 14.3. The first kappa shape index (κ1) is 25.4. The van der Waals surface area contributed by atoms with Crippen molar-refractivity contribution < 1.29 is 28.6 Å². The van der Waals surface area contributed by atoms with Crippen molar-refractivity contribution in [2.75, 3.05) is 25.2 Å². The maximum Gasteiger partial charge on any atom is 0.350 e. The number of anilines is 1. The van der Waals surface area contributed by atoms with Crippen LogP contribution in [-0.4, -0.2) is 50.3 Å². The van der Waals surface area contributed by atoms with Crippen molar-refractivity contribution in [2.24, 2.45) is 11.8 Å². The summed E-state index contributed by atoms with van der Waals surface area (Å²) >= 11 is 1.33. The van der Waals surface area contributed by atoms with Crippen LogP contribution in [0.25, 0.3) is 10.4 Å². The highest BCUT2D eigenvalue weighted by atomic mass is 32.1. The number of carbonyl (C=O) groups excluding carboxylic acids is 3. The van der Waals surface area contributed by atoms with Gasteiger partial charge in [0.25, 0.3) is 0 Å². The summed E-state index contributed by atoms with van der Waals surface area (Å²) in [4.78, 5) is 42.1. The molecule has 1 unspecified atom stereocenters. The molecule has 1 aromatic heterocycles. The monoisotopic (exact) mass is 499 g/mol. The minimum Gasteiger partial charge on any atom is -0.465 e. The van der Waals surface area contributed by atoms with Crippen molar-refractivity contribution in [3.8, 4) is 10.4 Å². The van der Waals surface area contributed by atoms with Crippen LogP contribution in [0.5, 0.6) is 0 Å². The number of hydrogen-bond donors (Lipinski definition) is 0. The SMILES string of the molecule is COC(=O)c1sc(-c2ccccc2)cc1N(C(=O)C1CC[C@@H](C)C[C@@H]1OC(C)=O)C1CCOCC1. The fourth-order valence-electron chi connectivity index (χ4n) is 5.12.